The highest BCUT2D eigenvalue weighted by Gasteiger charge is 2.10. The van der Waals surface area contributed by atoms with Gasteiger partial charge in [-0.3, -0.25) is 0 Å². The summed E-state index contributed by atoms with van der Waals surface area (Å²) in [5.41, 5.74) is 2.82. The standard InChI is InChI=1S/C13H25N/c1-8-9-13(12(6)10(2)3)14(7)11(4)5/h8-11H,1-7H3/b9-8-,13-12-. The third-order valence-corrected chi connectivity index (χ3v) is 2.75. The summed E-state index contributed by atoms with van der Waals surface area (Å²) in [5, 5.41) is 0. The lowest BCUT2D eigenvalue weighted by Gasteiger charge is -2.28. The molecule has 0 aliphatic rings. The monoisotopic (exact) mass is 195 g/mol. The predicted octanol–water partition coefficient (Wildman–Crippen LogP) is 3.83. The Kier molecular flexibility index (Phi) is 5.59. The van der Waals surface area contributed by atoms with Crippen LogP contribution < -0.4 is 0 Å². The lowest BCUT2D eigenvalue weighted by Crippen LogP contribution is -2.26. The quantitative estimate of drug-likeness (QED) is 0.616. The van der Waals surface area contributed by atoms with E-state index < -0.39 is 0 Å². The number of nitrogens with zero attached hydrogens (tertiary/aromatic N) is 1. The Morgan fingerprint density at radius 2 is 1.64 bits per heavy atom. The van der Waals surface area contributed by atoms with E-state index in [1.54, 1.807) is 0 Å². The first-order valence-corrected chi connectivity index (χ1v) is 5.48. The lowest BCUT2D eigenvalue weighted by molar-refractivity contribution is 0.348. The molecule has 0 spiro atoms. The molecule has 0 unspecified atom stereocenters. The van der Waals surface area contributed by atoms with Gasteiger partial charge in [0.2, 0.25) is 0 Å². The topological polar surface area (TPSA) is 3.24 Å². The number of hydrogen-bond donors (Lipinski definition) is 0. The summed E-state index contributed by atoms with van der Waals surface area (Å²) < 4.78 is 0. The largest absolute Gasteiger partial charge is 0.372 e. The minimum atomic E-state index is 0.551. The van der Waals surface area contributed by atoms with Crippen LogP contribution in [0.3, 0.4) is 0 Å². The molecule has 0 bridgehead atoms. The van der Waals surface area contributed by atoms with Crippen LogP contribution in [0.2, 0.25) is 0 Å². The minimum Gasteiger partial charge on any atom is -0.372 e. The van der Waals surface area contributed by atoms with E-state index >= 15 is 0 Å². The first kappa shape index (κ1) is 13.3. The predicted molar refractivity (Wildman–Crippen MR) is 65.3 cm³/mol. The van der Waals surface area contributed by atoms with Crippen LogP contribution >= 0.6 is 0 Å². The Morgan fingerprint density at radius 1 is 1.14 bits per heavy atom. The highest BCUT2D eigenvalue weighted by Crippen LogP contribution is 2.19. The maximum absolute atomic E-state index is 2.33. The SMILES string of the molecule is C/C=C\C(=C(/C)C(C)C)N(C)C(C)C. The molecule has 0 aliphatic carbocycles. The van der Waals surface area contributed by atoms with Crippen molar-refractivity contribution in [2.45, 2.75) is 47.6 Å². The van der Waals surface area contributed by atoms with Crippen LogP contribution in [0.4, 0.5) is 0 Å². The highest BCUT2D eigenvalue weighted by atomic mass is 15.1. The molecular formula is C13H25N. The van der Waals surface area contributed by atoms with Gasteiger partial charge in [0.15, 0.2) is 0 Å². The highest BCUT2D eigenvalue weighted by molar-refractivity contribution is 5.24. The van der Waals surface area contributed by atoms with Gasteiger partial charge in [0.05, 0.1) is 0 Å². The van der Waals surface area contributed by atoms with Gasteiger partial charge < -0.3 is 4.90 Å². The molecule has 0 aromatic rings. The summed E-state index contributed by atoms with van der Waals surface area (Å²) in [6.07, 6.45) is 4.31. The van der Waals surface area contributed by atoms with Crippen LogP contribution in [0.25, 0.3) is 0 Å². The molecule has 1 nitrogen and oxygen atoms in total. The molecule has 0 aromatic heterocycles. The van der Waals surface area contributed by atoms with Crippen LogP contribution in [-0.4, -0.2) is 18.0 Å². The Morgan fingerprint density at radius 3 is 1.93 bits per heavy atom. The van der Waals surface area contributed by atoms with Crippen molar-refractivity contribution in [3.8, 4) is 0 Å². The summed E-state index contributed by atoms with van der Waals surface area (Å²) in [6, 6.07) is 0.551. The first-order chi connectivity index (χ1) is 6.41. The summed E-state index contributed by atoms with van der Waals surface area (Å²) in [6.45, 7) is 13.2. The average molecular weight is 195 g/mol. The van der Waals surface area contributed by atoms with Crippen molar-refractivity contribution in [3.63, 3.8) is 0 Å². The van der Waals surface area contributed by atoms with Crippen molar-refractivity contribution < 1.29 is 0 Å². The minimum absolute atomic E-state index is 0.551. The van der Waals surface area contributed by atoms with Gasteiger partial charge in [-0.05, 0) is 45.3 Å². The normalized spacial score (nSPS) is 14.1. The van der Waals surface area contributed by atoms with E-state index in [0.29, 0.717) is 12.0 Å². The number of allylic oxidation sites excluding steroid dienone is 3. The molecule has 0 rings (SSSR count). The second-order valence-electron chi connectivity index (χ2n) is 4.43. The third kappa shape index (κ3) is 3.57. The molecule has 14 heavy (non-hydrogen) atoms. The van der Waals surface area contributed by atoms with Crippen molar-refractivity contribution >= 4 is 0 Å². The smallest absolute Gasteiger partial charge is 0.0354 e. The van der Waals surface area contributed by atoms with Crippen molar-refractivity contribution in [1.82, 2.24) is 4.90 Å². The molecule has 0 saturated heterocycles. The maximum Gasteiger partial charge on any atom is 0.0354 e. The molecule has 1 heteroatoms. The maximum atomic E-state index is 2.33. The molecule has 0 aromatic carbocycles. The van der Waals surface area contributed by atoms with Crippen molar-refractivity contribution in [2.24, 2.45) is 5.92 Å². The second kappa shape index (κ2) is 5.90. The Hall–Kier alpha value is -0.720. The van der Waals surface area contributed by atoms with Gasteiger partial charge in [0, 0.05) is 18.8 Å². The third-order valence-electron chi connectivity index (χ3n) is 2.75. The Bertz CT molecular complexity index is 221. The summed E-state index contributed by atoms with van der Waals surface area (Å²) in [5.74, 6) is 0.613. The molecule has 0 saturated carbocycles. The van der Waals surface area contributed by atoms with Crippen molar-refractivity contribution in [3.05, 3.63) is 23.4 Å². The van der Waals surface area contributed by atoms with Crippen LogP contribution in [0.1, 0.15) is 41.5 Å². The summed E-state index contributed by atoms with van der Waals surface area (Å²) in [4.78, 5) is 2.33. The van der Waals surface area contributed by atoms with Gasteiger partial charge in [-0.15, -0.1) is 0 Å². The van der Waals surface area contributed by atoms with Gasteiger partial charge in [-0.1, -0.05) is 19.9 Å². The summed E-state index contributed by atoms with van der Waals surface area (Å²) in [7, 11) is 2.16. The van der Waals surface area contributed by atoms with Crippen LogP contribution in [0, 0.1) is 5.92 Å². The van der Waals surface area contributed by atoms with Gasteiger partial charge in [-0.25, -0.2) is 0 Å². The van der Waals surface area contributed by atoms with Crippen LogP contribution in [0.5, 0.6) is 0 Å². The molecule has 0 radical (unpaired) electrons. The molecule has 0 aliphatic heterocycles. The zero-order valence-electron chi connectivity index (χ0n) is 10.8. The molecule has 0 heterocycles. The number of hydrogen-bond acceptors (Lipinski definition) is 1. The van der Waals surface area contributed by atoms with Crippen LogP contribution in [-0.2, 0) is 0 Å². The average Bonchev–Trinajstić information content (AvgIpc) is 2.11. The zero-order chi connectivity index (χ0) is 11.3. The van der Waals surface area contributed by atoms with Gasteiger partial charge in [0.25, 0.3) is 0 Å². The molecule has 0 N–H and O–H groups in total. The lowest BCUT2D eigenvalue weighted by atomic mass is 10.0. The fourth-order valence-corrected chi connectivity index (χ4v) is 1.26. The van der Waals surface area contributed by atoms with E-state index in [-0.39, 0.29) is 0 Å². The van der Waals surface area contributed by atoms with E-state index in [2.05, 4.69) is 65.6 Å². The molecular weight excluding hydrogens is 170 g/mol. The fraction of sp³-hybridized carbons (Fsp3) is 0.692. The van der Waals surface area contributed by atoms with E-state index in [4.69, 9.17) is 0 Å². The number of rotatable bonds is 4. The Balaban J connectivity index is 5.03. The molecule has 0 fully saturated rings. The van der Waals surface area contributed by atoms with E-state index in [1.807, 2.05) is 0 Å². The van der Waals surface area contributed by atoms with E-state index in [1.165, 1.54) is 11.3 Å². The van der Waals surface area contributed by atoms with Gasteiger partial charge >= 0.3 is 0 Å². The molecule has 82 valence electrons. The van der Waals surface area contributed by atoms with E-state index in [0.717, 1.165) is 0 Å². The van der Waals surface area contributed by atoms with Crippen LogP contribution in [0.15, 0.2) is 23.4 Å². The second-order valence-corrected chi connectivity index (χ2v) is 4.43. The zero-order valence-corrected chi connectivity index (χ0v) is 10.8. The van der Waals surface area contributed by atoms with Gasteiger partial charge in [-0.2, -0.15) is 0 Å². The van der Waals surface area contributed by atoms with Gasteiger partial charge in [0.1, 0.15) is 0 Å². The fourth-order valence-electron chi connectivity index (χ4n) is 1.26. The summed E-state index contributed by atoms with van der Waals surface area (Å²) >= 11 is 0. The Labute approximate surface area is 89.5 Å². The number of likely N-dealkylation sites (N-methyl/N-ethyl adjacent to an activating group) is 1. The van der Waals surface area contributed by atoms with E-state index in [9.17, 15) is 0 Å². The van der Waals surface area contributed by atoms with Crippen molar-refractivity contribution in [1.29, 1.82) is 0 Å². The van der Waals surface area contributed by atoms with Crippen molar-refractivity contribution in [2.75, 3.05) is 7.05 Å². The molecule has 0 atom stereocenters. The first-order valence-electron chi connectivity index (χ1n) is 5.48. The molecule has 0 amide bonds.